The average molecular weight is 457 g/mol. The molecule has 0 heterocycles. The predicted molar refractivity (Wildman–Crippen MR) is 129 cm³/mol. The van der Waals surface area contributed by atoms with Crippen LogP contribution in [0.4, 0.5) is 0 Å². The SMILES string of the molecule is COc1ccc(CN(C(=O)CCCOc2ccc(OC)cc2)[C@H](C)C(=O)NCC(C)C)cc1. The number of nitrogens with one attached hydrogen (secondary N) is 1. The van der Waals surface area contributed by atoms with E-state index in [9.17, 15) is 9.59 Å². The van der Waals surface area contributed by atoms with Crippen LogP contribution in [0.1, 0.15) is 39.2 Å². The summed E-state index contributed by atoms with van der Waals surface area (Å²) in [6.07, 6.45) is 0.832. The highest BCUT2D eigenvalue weighted by molar-refractivity contribution is 5.87. The van der Waals surface area contributed by atoms with Gasteiger partial charge in [-0.2, -0.15) is 0 Å². The van der Waals surface area contributed by atoms with Crippen LogP contribution in [0.5, 0.6) is 17.2 Å². The largest absolute Gasteiger partial charge is 0.497 e. The summed E-state index contributed by atoms with van der Waals surface area (Å²) in [4.78, 5) is 27.4. The van der Waals surface area contributed by atoms with Gasteiger partial charge in [0.15, 0.2) is 0 Å². The molecule has 7 nitrogen and oxygen atoms in total. The second-order valence-electron chi connectivity index (χ2n) is 8.31. The van der Waals surface area contributed by atoms with Gasteiger partial charge < -0.3 is 24.4 Å². The first kappa shape index (κ1) is 26.0. The number of amides is 2. The molecule has 1 atom stereocenters. The van der Waals surface area contributed by atoms with E-state index in [1.54, 1.807) is 26.0 Å². The Hall–Kier alpha value is -3.22. The van der Waals surface area contributed by atoms with Gasteiger partial charge in [0.1, 0.15) is 23.3 Å². The molecule has 0 saturated carbocycles. The summed E-state index contributed by atoms with van der Waals surface area (Å²) in [5.41, 5.74) is 0.933. The third-order valence-electron chi connectivity index (χ3n) is 5.23. The quantitative estimate of drug-likeness (QED) is 0.460. The molecule has 2 aromatic carbocycles. The minimum atomic E-state index is -0.583. The lowest BCUT2D eigenvalue weighted by atomic mass is 10.1. The van der Waals surface area contributed by atoms with Crippen molar-refractivity contribution in [3.63, 3.8) is 0 Å². The Bertz CT molecular complexity index is 865. The molecule has 2 amide bonds. The van der Waals surface area contributed by atoms with Crippen molar-refractivity contribution in [2.24, 2.45) is 5.92 Å². The minimum absolute atomic E-state index is 0.0867. The Labute approximate surface area is 197 Å². The van der Waals surface area contributed by atoms with Gasteiger partial charge in [0, 0.05) is 19.5 Å². The summed E-state index contributed by atoms with van der Waals surface area (Å²) < 4.78 is 16.1. The fourth-order valence-corrected chi connectivity index (χ4v) is 3.19. The number of hydrogen-bond acceptors (Lipinski definition) is 5. The van der Waals surface area contributed by atoms with Crippen molar-refractivity contribution in [3.8, 4) is 17.2 Å². The standard InChI is InChI=1S/C26H36N2O5/c1-19(2)17-27-26(30)20(3)28(18-21-8-10-22(31-4)11-9-21)25(29)7-6-16-33-24-14-12-23(32-5)13-15-24/h8-15,19-20H,6-7,16-18H2,1-5H3,(H,27,30)/t20-/m1/s1. The molecular weight excluding hydrogens is 420 g/mol. The fraction of sp³-hybridized carbons (Fsp3) is 0.462. The van der Waals surface area contributed by atoms with Crippen LogP contribution in [0.25, 0.3) is 0 Å². The number of carbonyl (C=O) groups is 2. The third kappa shape index (κ3) is 8.67. The van der Waals surface area contributed by atoms with Crippen LogP contribution in [0.3, 0.4) is 0 Å². The van der Waals surface area contributed by atoms with E-state index in [0.717, 1.165) is 22.8 Å². The normalized spacial score (nSPS) is 11.6. The first-order valence-electron chi connectivity index (χ1n) is 11.3. The Morgan fingerprint density at radius 2 is 1.42 bits per heavy atom. The van der Waals surface area contributed by atoms with Gasteiger partial charge in [0.05, 0.1) is 20.8 Å². The van der Waals surface area contributed by atoms with E-state index < -0.39 is 6.04 Å². The Morgan fingerprint density at radius 1 is 0.879 bits per heavy atom. The van der Waals surface area contributed by atoms with Gasteiger partial charge in [-0.15, -0.1) is 0 Å². The zero-order valence-corrected chi connectivity index (χ0v) is 20.3. The van der Waals surface area contributed by atoms with E-state index in [1.165, 1.54) is 0 Å². The van der Waals surface area contributed by atoms with E-state index in [0.29, 0.717) is 32.0 Å². The summed E-state index contributed by atoms with van der Waals surface area (Å²) in [6.45, 7) is 7.16. The number of hydrogen-bond donors (Lipinski definition) is 1. The zero-order chi connectivity index (χ0) is 24.2. The maximum absolute atomic E-state index is 13.1. The summed E-state index contributed by atoms with van der Waals surface area (Å²) in [5.74, 6) is 2.32. The van der Waals surface area contributed by atoms with E-state index in [4.69, 9.17) is 14.2 Å². The van der Waals surface area contributed by atoms with E-state index in [2.05, 4.69) is 5.32 Å². The Morgan fingerprint density at radius 3 is 1.97 bits per heavy atom. The predicted octanol–water partition coefficient (Wildman–Crippen LogP) is 4.05. The molecule has 0 aliphatic heterocycles. The van der Waals surface area contributed by atoms with E-state index in [1.807, 2.05) is 62.4 Å². The second kappa shape index (κ2) is 13.4. The molecule has 2 rings (SSSR count). The molecule has 0 fully saturated rings. The van der Waals surface area contributed by atoms with Gasteiger partial charge in [-0.05, 0) is 61.2 Å². The maximum atomic E-state index is 13.1. The number of ether oxygens (including phenoxy) is 3. The van der Waals surface area contributed by atoms with Crippen LogP contribution in [-0.4, -0.2) is 50.1 Å². The molecule has 1 N–H and O–H groups in total. The monoisotopic (exact) mass is 456 g/mol. The minimum Gasteiger partial charge on any atom is -0.497 e. The Kier molecular flexibility index (Phi) is 10.5. The maximum Gasteiger partial charge on any atom is 0.242 e. The lowest BCUT2D eigenvalue weighted by Gasteiger charge is -2.29. The van der Waals surface area contributed by atoms with Crippen molar-refractivity contribution in [2.45, 2.75) is 46.2 Å². The summed E-state index contributed by atoms with van der Waals surface area (Å²) >= 11 is 0. The molecule has 180 valence electrons. The highest BCUT2D eigenvalue weighted by Gasteiger charge is 2.25. The van der Waals surface area contributed by atoms with Gasteiger partial charge in [-0.1, -0.05) is 26.0 Å². The van der Waals surface area contributed by atoms with Crippen molar-refractivity contribution in [1.29, 1.82) is 0 Å². The number of rotatable bonds is 13. The Balaban J connectivity index is 1.98. The first-order chi connectivity index (χ1) is 15.8. The molecule has 33 heavy (non-hydrogen) atoms. The zero-order valence-electron chi connectivity index (χ0n) is 20.3. The van der Waals surface area contributed by atoms with Crippen LogP contribution < -0.4 is 19.5 Å². The van der Waals surface area contributed by atoms with Crippen molar-refractivity contribution < 1.29 is 23.8 Å². The topological polar surface area (TPSA) is 77.1 Å². The van der Waals surface area contributed by atoms with Crippen LogP contribution in [0, 0.1) is 5.92 Å². The molecular formula is C26H36N2O5. The van der Waals surface area contributed by atoms with Crippen molar-refractivity contribution in [2.75, 3.05) is 27.4 Å². The lowest BCUT2D eigenvalue weighted by molar-refractivity contribution is -0.140. The molecule has 0 unspecified atom stereocenters. The highest BCUT2D eigenvalue weighted by Crippen LogP contribution is 2.18. The third-order valence-corrected chi connectivity index (χ3v) is 5.23. The van der Waals surface area contributed by atoms with Crippen molar-refractivity contribution in [1.82, 2.24) is 10.2 Å². The van der Waals surface area contributed by atoms with Crippen LogP contribution in [0.2, 0.25) is 0 Å². The average Bonchev–Trinajstić information content (AvgIpc) is 2.83. The fourth-order valence-electron chi connectivity index (χ4n) is 3.19. The van der Waals surface area contributed by atoms with Crippen molar-refractivity contribution in [3.05, 3.63) is 54.1 Å². The molecule has 0 aliphatic rings. The summed E-state index contributed by atoms with van der Waals surface area (Å²) in [7, 11) is 3.23. The summed E-state index contributed by atoms with van der Waals surface area (Å²) in [6, 6.07) is 14.3. The molecule has 7 heteroatoms. The smallest absolute Gasteiger partial charge is 0.242 e. The molecule has 0 aromatic heterocycles. The van der Waals surface area contributed by atoms with Crippen molar-refractivity contribution >= 4 is 11.8 Å². The number of methoxy groups -OCH3 is 2. The number of carbonyl (C=O) groups excluding carboxylic acids is 2. The lowest BCUT2D eigenvalue weighted by Crippen LogP contribution is -2.48. The molecule has 0 spiro atoms. The van der Waals surface area contributed by atoms with Gasteiger partial charge in [0.25, 0.3) is 0 Å². The highest BCUT2D eigenvalue weighted by atomic mass is 16.5. The number of nitrogens with zero attached hydrogens (tertiary/aromatic N) is 1. The van der Waals surface area contributed by atoms with Crippen LogP contribution in [-0.2, 0) is 16.1 Å². The van der Waals surface area contributed by atoms with Gasteiger partial charge in [0.2, 0.25) is 11.8 Å². The molecule has 2 aromatic rings. The van der Waals surface area contributed by atoms with E-state index in [-0.39, 0.29) is 18.2 Å². The molecule has 0 saturated heterocycles. The molecule has 0 radical (unpaired) electrons. The second-order valence-corrected chi connectivity index (χ2v) is 8.31. The molecule has 0 bridgehead atoms. The van der Waals surface area contributed by atoms with Gasteiger partial charge >= 0.3 is 0 Å². The van der Waals surface area contributed by atoms with Gasteiger partial charge in [-0.25, -0.2) is 0 Å². The van der Waals surface area contributed by atoms with Crippen LogP contribution in [0.15, 0.2) is 48.5 Å². The van der Waals surface area contributed by atoms with Crippen LogP contribution >= 0.6 is 0 Å². The number of benzene rings is 2. The molecule has 0 aliphatic carbocycles. The van der Waals surface area contributed by atoms with E-state index >= 15 is 0 Å². The summed E-state index contributed by atoms with van der Waals surface area (Å²) in [5, 5.41) is 2.93. The first-order valence-corrected chi connectivity index (χ1v) is 11.3. The van der Waals surface area contributed by atoms with Gasteiger partial charge in [-0.3, -0.25) is 9.59 Å².